The lowest BCUT2D eigenvalue weighted by atomic mass is 9.94. The van der Waals surface area contributed by atoms with Crippen molar-refractivity contribution in [1.29, 1.82) is 0 Å². The molecule has 2 N–H and O–H groups in total. The maximum absolute atomic E-state index is 12.6. The molecule has 0 amide bonds. The molecule has 1 unspecified atom stereocenters. The van der Waals surface area contributed by atoms with E-state index in [0.29, 0.717) is 11.7 Å². The Morgan fingerprint density at radius 1 is 1.11 bits per heavy atom. The number of hydrogen-bond acceptors (Lipinski definition) is 4. The van der Waals surface area contributed by atoms with Crippen LogP contribution in [0.5, 0.6) is 5.75 Å². The van der Waals surface area contributed by atoms with Crippen LogP contribution < -0.4 is 10.9 Å². The van der Waals surface area contributed by atoms with E-state index in [1.54, 1.807) is 6.07 Å². The summed E-state index contributed by atoms with van der Waals surface area (Å²) < 4.78 is 5.62. The summed E-state index contributed by atoms with van der Waals surface area (Å²) in [5.74, 6) is 1.03. The van der Waals surface area contributed by atoms with Crippen LogP contribution in [0.15, 0.2) is 69.9 Å². The lowest BCUT2D eigenvalue weighted by molar-refractivity contribution is 0.397. The van der Waals surface area contributed by atoms with Crippen LogP contribution in [0.1, 0.15) is 54.9 Å². The van der Waals surface area contributed by atoms with E-state index in [-0.39, 0.29) is 17.4 Å². The largest absolute Gasteiger partial charge is 0.505 e. The Morgan fingerprint density at radius 2 is 1.82 bits per heavy atom. The van der Waals surface area contributed by atoms with Crippen molar-refractivity contribution in [2.45, 2.75) is 44.4 Å². The molecule has 1 heterocycles. The summed E-state index contributed by atoms with van der Waals surface area (Å²) in [4.78, 5) is 12.6. The second kappa shape index (κ2) is 7.93. The summed E-state index contributed by atoms with van der Waals surface area (Å²) in [7, 11) is 0. The fraction of sp³-hybridized carbons (Fsp3) is 0.292. The van der Waals surface area contributed by atoms with E-state index in [0.717, 1.165) is 31.4 Å². The summed E-state index contributed by atoms with van der Waals surface area (Å²) in [5.41, 5.74) is 2.79. The SMILES string of the molecule is CCC(Cc1ccccc1)c1cc(O)c(Nc2ccccc2C2CC2)c(=O)o1. The zero-order chi connectivity index (χ0) is 19.5. The summed E-state index contributed by atoms with van der Waals surface area (Å²) >= 11 is 0. The zero-order valence-corrected chi connectivity index (χ0v) is 16.0. The van der Waals surface area contributed by atoms with Crippen molar-refractivity contribution in [2.24, 2.45) is 0 Å². The monoisotopic (exact) mass is 375 g/mol. The summed E-state index contributed by atoms with van der Waals surface area (Å²) in [6, 6.07) is 19.6. The zero-order valence-electron chi connectivity index (χ0n) is 16.0. The standard InChI is InChI=1S/C24H25NO3/c1-2-17(14-16-8-4-3-5-9-16)22-15-21(26)23(24(27)28-22)25-20-11-7-6-10-19(20)18-12-13-18/h3-11,15,17-18,25-26H,2,12-14H2,1H3. The quantitative estimate of drug-likeness (QED) is 0.556. The molecule has 28 heavy (non-hydrogen) atoms. The molecular weight excluding hydrogens is 350 g/mol. The molecule has 1 fully saturated rings. The Bertz CT molecular complexity index is 1010. The molecule has 0 aliphatic heterocycles. The smallest absolute Gasteiger partial charge is 0.363 e. The van der Waals surface area contributed by atoms with Gasteiger partial charge in [-0.2, -0.15) is 0 Å². The second-order valence-corrected chi connectivity index (χ2v) is 7.48. The number of nitrogens with one attached hydrogen (secondary N) is 1. The van der Waals surface area contributed by atoms with Crippen molar-refractivity contribution in [3.8, 4) is 5.75 Å². The van der Waals surface area contributed by atoms with Crippen LogP contribution in [0.25, 0.3) is 0 Å². The van der Waals surface area contributed by atoms with Gasteiger partial charge in [0.25, 0.3) is 0 Å². The van der Waals surface area contributed by atoms with Gasteiger partial charge in [-0.05, 0) is 48.8 Å². The highest BCUT2D eigenvalue weighted by molar-refractivity contribution is 5.68. The fourth-order valence-corrected chi connectivity index (χ4v) is 3.66. The van der Waals surface area contributed by atoms with Gasteiger partial charge in [-0.3, -0.25) is 0 Å². The van der Waals surface area contributed by atoms with E-state index in [1.165, 1.54) is 11.1 Å². The predicted molar refractivity (Wildman–Crippen MR) is 112 cm³/mol. The number of benzene rings is 2. The maximum atomic E-state index is 12.6. The predicted octanol–water partition coefficient (Wildman–Crippen LogP) is 5.70. The number of para-hydroxylation sites is 1. The number of hydrogen-bond donors (Lipinski definition) is 2. The molecule has 1 atom stereocenters. The highest BCUT2D eigenvalue weighted by atomic mass is 16.4. The maximum Gasteiger partial charge on any atom is 0.363 e. The van der Waals surface area contributed by atoms with Crippen LogP contribution in [0.4, 0.5) is 11.4 Å². The minimum absolute atomic E-state index is 0.0359. The van der Waals surface area contributed by atoms with Gasteiger partial charge in [-0.15, -0.1) is 0 Å². The van der Waals surface area contributed by atoms with E-state index >= 15 is 0 Å². The van der Waals surface area contributed by atoms with Crippen LogP contribution in [0.3, 0.4) is 0 Å². The first-order chi connectivity index (χ1) is 13.7. The van der Waals surface area contributed by atoms with Gasteiger partial charge in [-0.25, -0.2) is 4.79 Å². The number of rotatable bonds is 7. The van der Waals surface area contributed by atoms with E-state index in [1.807, 2.05) is 36.4 Å². The third kappa shape index (κ3) is 3.96. The van der Waals surface area contributed by atoms with Gasteiger partial charge < -0.3 is 14.8 Å². The average molecular weight is 375 g/mol. The van der Waals surface area contributed by atoms with Gasteiger partial charge in [0, 0.05) is 17.7 Å². The minimum Gasteiger partial charge on any atom is -0.505 e. The van der Waals surface area contributed by atoms with E-state index < -0.39 is 5.63 Å². The third-order valence-corrected chi connectivity index (χ3v) is 5.41. The number of aromatic hydroxyl groups is 1. The first-order valence-electron chi connectivity index (χ1n) is 9.92. The molecule has 0 spiro atoms. The molecule has 144 valence electrons. The van der Waals surface area contributed by atoms with Crippen molar-refractivity contribution >= 4 is 11.4 Å². The van der Waals surface area contributed by atoms with Crippen molar-refractivity contribution in [1.82, 2.24) is 0 Å². The highest BCUT2D eigenvalue weighted by Crippen LogP contribution is 2.44. The first-order valence-corrected chi connectivity index (χ1v) is 9.92. The lowest BCUT2D eigenvalue weighted by Gasteiger charge is -2.16. The van der Waals surface area contributed by atoms with Crippen molar-refractivity contribution in [2.75, 3.05) is 5.32 Å². The van der Waals surface area contributed by atoms with Crippen LogP contribution >= 0.6 is 0 Å². The van der Waals surface area contributed by atoms with E-state index in [9.17, 15) is 9.90 Å². The van der Waals surface area contributed by atoms with Crippen molar-refractivity contribution < 1.29 is 9.52 Å². The molecule has 0 radical (unpaired) electrons. The normalized spacial score (nSPS) is 14.6. The second-order valence-electron chi connectivity index (χ2n) is 7.48. The van der Waals surface area contributed by atoms with Crippen molar-refractivity contribution in [3.05, 3.63) is 88.0 Å². The van der Waals surface area contributed by atoms with Crippen LogP contribution in [-0.2, 0) is 6.42 Å². The van der Waals surface area contributed by atoms with Crippen molar-refractivity contribution in [3.63, 3.8) is 0 Å². The summed E-state index contributed by atoms with van der Waals surface area (Å²) in [6.45, 7) is 2.06. The molecule has 0 bridgehead atoms. The van der Waals surface area contributed by atoms with E-state index in [4.69, 9.17) is 4.42 Å². The van der Waals surface area contributed by atoms with Crippen LogP contribution in [0.2, 0.25) is 0 Å². The Balaban J connectivity index is 1.61. The highest BCUT2D eigenvalue weighted by Gasteiger charge is 2.26. The molecule has 4 heteroatoms. The molecule has 3 aromatic rings. The lowest BCUT2D eigenvalue weighted by Crippen LogP contribution is -2.12. The summed E-state index contributed by atoms with van der Waals surface area (Å²) in [6.07, 6.45) is 3.90. The molecular formula is C24H25NO3. The van der Waals surface area contributed by atoms with Gasteiger partial charge in [0.1, 0.15) is 11.5 Å². The molecule has 1 aliphatic rings. The fourth-order valence-electron chi connectivity index (χ4n) is 3.66. The Labute approximate surface area is 164 Å². The molecule has 1 saturated carbocycles. The molecule has 1 aromatic heterocycles. The Morgan fingerprint density at radius 3 is 2.50 bits per heavy atom. The average Bonchev–Trinajstić information content (AvgIpc) is 3.55. The molecule has 4 rings (SSSR count). The van der Waals surface area contributed by atoms with Gasteiger partial charge >= 0.3 is 5.63 Å². The number of anilines is 2. The molecule has 0 saturated heterocycles. The van der Waals surface area contributed by atoms with E-state index in [2.05, 4.69) is 30.4 Å². The summed E-state index contributed by atoms with van der Waals surface area (Å²) in [5, 5.41) is 13.7. The third-order valence-electron chi connectivity index (χ3n) is 5.41. The molecule has 2 aromatic carbocycles. The van der Waals surface area contributed by atoms with Gasteiger partial charge in [0.2, 0.25) is 0 Å². The van der Waals surface area contributed by atoms with Gasteiger partial charge in [0.05, 0.1) is 0 Å². The minimum atomic E-state index is -0.535. The van der Waals surface area contributed by atoms with Crippen LogP contribution in [0, 0.1) is 0 Å². The first kappa shape index (κ1) is 18.4. The van der Waals surface area contributed by atoms with Crippen LogP contribution in [-0.4, -0.2) is 5.11 Å². The topological polar surface area (TPSA) is 62.5 Å². The molecule has 4 nitrogen and oxygen atoms in total. The Hall–Kier alpha value is -3.01. The van der Waals surface area contributed by atoms with Gasteiger partial charge in [-0.1, -0.05) is 55.5 Å². The van der Waals surface area contributed by atoms with Gasteiger partial charge in [0.15, 0.2) is 5.69 Å². The molecule has 1 aliphatic carbocycles. The Kier molecular flexibility index (Phi) is 5.20.